The number of aliphatic hydroxyl groups is 1. The van der Waals surface area contributed by atoms with Gasteiger partial charge in [0.1, 0.15) is 5.60 Å². The third-order valence-corrected chi connectivity index (χ3v) is 10.3. The van der Waals surface area contributed by atoms with Gasteiger partial charge in [-0.15, -0.1) is 0 Å². The number of furan rings is 1. The number of hydrogen-bond donors (Lipinski definition) is 1. The summed E-state index contributed by atoms with van der Waals surface area (Å²) in [6, 6.07) is 2.10. The number of allylic oxidation sites excluding steroid dienone is 2. The van der Waals surface area contributed by atoms with Crippen molar-refractivity contribution in [3.8, 4) is 0 Å². The predicted octanol–water partition coefficient (Wildman–Crippen LogP) is 4.49. The summed E-state index contributed by atoms with van der Waals surface area (Å²) in [5.74, 6) is 1.29. The summed E-state index contributed by atoms with van der Waals surface area (Å²) < 4.78 is 11.9. The first-order chi connectivity index (χ1) is 13.7. The average Bonchev–Trinajstić information content (AvgIpc) is 3.02. The van der Waals surface area contributed by atoms with Crippen molar-refractivity contribution in [2.24, 2.45) is 34.0 Å². The lowest BCUT2D eigenvalue weighted by Gasteiger charge is -2.62. The second-order valence-corrected chi connectivity index (χ2v) is 11.5. The van der Waals surface area contributed by atoms with Crippen LogP contribution in [0.5, 0.6) is 0 Å². The lowest BCUT2D eigenvalue weighted by Crippen LogP contribution is -2.64. The van der Waals surface area contributed by atoms with Crippen LogP contribution in [0.25, 0.3) is 0 Å². The SMILES string of the molecule is CC1(C)C(=O)C=C[C@]2(C)C3CC[C@@]4(C)[C@H](c5ccoc5)C[C@H]5O[C@]54C3C(O)CC12. The van der Waals surface area contributed by atoms with E-state index in [1.807, 2.05) is 12.3 Å². The van der Waals surface area contributed by atoms with Crippen molar-refractivity contribution in [2.45, 2.75) is 77.1 Å². The Morgan fingerprint density at radius 3 is 2.69 bits per heavy atom. The number of ether oxygens (including phenoxy) is 1. The Balaban J connectivity index is 1.44. The Morgan fingerprint density at radius 1 is 1.17 bits per heavy atom. The van der Waals surface area contributed by atoms with Gasteiger partial charge in [0.25, 0.3) is 0 Å². The molecule has 4 nitrogen and oxygen atoms in total. The van der Waals surface area contributed by atoms with Crippen molar-refractivity contribution < 1.29 is 19.1 Å². The maximum absolute atomic E-state index is 12.7. The largest absolute Gasteiger partial charge is 0.472 e. The number of hydrogen-bond acceptors (Lipinski definition) is 4. The van der Waals surface area contributed by atoms with Crippen LogP contribution in [-0.2, 0) is 9.53 Å². The predicted molar refractivity (Wildman–Crippen MR) is 108 cm³/mol. The first-order valence-corrected chi connectivity index (χ1v) is 11.3. The summed E-state index contributed by atoms with van der Waals surface area (Å²) in [7, 11) is 0. The van der Waals surface area contributed by atoms with Gasteiger partial charge in [0, 0.05) is 16.7 Å². The zero-order valence-corrected chi connectivity index (χ0v) is 17.9. The second-order valence-electron chi connectivity index (χ2n) is 11.5. The van der Waals surface area contributed by atoms with Gasteiger partial charge in [0.2, 0.25) is 0 Å². The molecule has 2 heterocycles. The van der Waals surface area contributed by atoms with Gasteiger partial charge in [-0.1, -0.05) is 33.8 Å². The van der Waals surface area contributed by atoms with Crippen LogP contribution in [0.1, 0.15) is 64.9 Å². The number of ketones is 1. The van der Waals surface area contributed by atoms with E-state index in [1.54, 1.807) is 6.26 Å². The number of rotatable bonds is 1. The van der Waals surface area contributed by atoms with E-state index in [4.69, 9.17) is 9.15 Å². The number of carbonyl (C=O) groups excluding carboxylic acids is 1. The fraction of sp³-hybridized carbons (Fsp3) is 0.720. The van der Waals surface area contributed by atoms with E-state index >= 15 is 0 Å². The Morgan fingerprint density at radius 2 is 1.97 bits per heavy atom. The van der Waals surface area contributed by atoms with Crippen LogP contribution in [0.4, 0.5) is 0 Å². The highest BCUT2D eigenvalue weighted by Gasteiger charge is 2.82. The van der Waals surface area contributed by atoms with Crippen LogP contribution in [0, 0.1) is 34.0 Å². The van der Waals surface area contributed by atoms with Gasteiger partial charge in [-0.3, -0.25) is 4.79 Å². The zero-order valence-electron chi connectivity index (χ0n) is 17.9. The normalized spacial score (nSPS) is 54.3. The van der Waals surface area contributed by atoms with Crippen molar-refractivity contribution in [2.75, 3.05) is 0 Å². The molecule has 3 saturated carbocycles. The van der Waals surface area contributed by atoms with E-state index in [0.717, 1.165) is 19.3 Å². The van der Waals surface area contributed by atoms with Crippen LogP contribution in [0.2, 0.25) is 0 Å². The first-order valence-electron chi connectivity index (χ1n) is 11.3. The Bertz CT molecular complexity index is 900. The van der Waals surface area contributed by atoms with Crippen LogP contribution >= 0.6 is 0 Å². The highest BCUT2D eigenvalue weighted by Crippen LogP contribution is 2.78. The van der Waals surface area contributed by atoms with Gasteiger partial charge in [0.05, 0.1) is 24.7 Å². The van der Waals surface area contributed by atoms with E-state index in [2.05, 4.69) is 39.8 Å². The maximum atomic E-state index is 12.7. The number of fused-ring (bicyclic) bond motifs is 3. The molecule has 29 heavy (non-hydrogen) atoms. The molecule has 4 unspecified atom stereocenters. The maximum Gasteiger partial charge on any atom is 0.161 e. The van der Waals surface area contributed by atoms with Gasteiger partial charge in [0.15, 0.2) is 5.78 Å². The Labute approximate surface area is 172 Å². The molecule has 4 heteroatoms. The van der Waals surface area contributed by atoms with Crippen LogP contribution in [-0.4, -0.2) is 28.7 Å². The summed E-state index contributed by atoms with van der Waals surface area (Å²) in [4.78, 5) is 12.7. The molecule has 4 aliphatic carbocycles. The molecule has 156 valence electrons. The van der Waals surface area contributed by atoms with Gasteiger partial charge < -0.3 is 14.3 Å². The molecule has 0 radical (unpaired) electrons. The molecule has 5 aliphatic rings. The van der Waals surface area contributed by atoms with Gasteiger partial charge >= 0.3 is 0 Å². The Hall–Kier alpha value is -1.39. The quantitative estimate of drug-likeness (QED) is 0.711. The minimum Gasteiger partial charge on any atom is -0.472 e. The molecule has 1 aromatic heterocycles. The molecule has 1 spiro atoms. The number of aliphatic hydroxyl groups excluding tert-OH is 1. The van der Waals surface area contributed by atoms with Gasteiger partial charge in [-0.2, -0.15) is 0 Å². The zero-order chi connectivity index (χ0) is 20.4. The molecule has 6 rings (SSSR count). The lowest BCUT2D eigenvalue weighted by atomic mass is 9.41. The van der Waals surface area contributed by atoms with Crippen molar-refractivity contribution in [1.82, 2.24) is 0 Å². The second kappa shape index (κ2) is 5.26. The topological polar surface area (TPSA) is 63.0 Å². The van der Waals surface area contributed by atoms with Crippen molar-refractivity contribution in [3.63, 3.8) is 0 Å². The minimum atomic E-state index is -0.424. The summed E-state index contributed by atoms with van der Waals surface area (Å²) in [6.07, 6.45) is 11.4. The minimum absolute atomic E-state index is 0.0244. The van der Waals surface area contributed by atoms with Crippen molar-refractivity contribution >= 4 is 5.78 Å². The molecular weight excluding hydrogens is 364 g/mol. The molecule has 0 bridgehead atoms. The van der Waals surface area contributed by atoms with Crippen molar-refractivity contribution in [3.05, 3.63) is 36.3 Å². The Kier molecular flexibility index (Phi) is 3.33. The molecule has 0 aromatic carbocycles. The summed E-state index contributed by atoms with van der Waals surface area (Å²) in [5.41, 5.74) is 0.579. The van der Waals surface area contributed by atoms with Crippen LogP contribution in [0.15, 0.2) is 35.2 Å². The van der Waals surface area contributed by atoms with Gasteiger partial charge in [-0.25, -0.2) is 0 Å². The summed E-state index contributed by atoms with van der Waals surface area (Å²) >= 11 is 0. The third kappa shape index (κ3) is 1.92. The molecule has 1 N–H and O–H groups in total. The molecule has 9 atom stereocenters. The van der Waals surface area contributed by atoms with Gasteiger partial charge in [-0.05, 0) is 66.6 Å². The monoisotopic (exact) mass is 396 g/mol. The molecule has 0 amide bonds. The molecule has 1 aliphatic heterocycles. The molecule has 4 fully saturated rings. The fourth-order valence-electron chi connectivity index (χ4n) is 8.73. The summed E-state index contributed by atoms with van der Waals surface area (Å²) in [6.45, 7) is 8.87. The highest BCUT2D eigenvalue weighted by atomic mass is 16.6. The number of carbonyl (C=O) groups is 1. The highest BCUT2D eigenvalue weighted by molar-refractivity contribution is 5.95. The summed E-state index contributed by atoms with van der Waals surface area (Å²) in [5, 5.41) is 11.5. The smallest absolute Gasteiger partial charge is 0.161 e. The average molecular weight is 397 g/mol. The van der Waals surface area contributed by atoms with Crippen molar-refractivity contribution in [1.29, 1.82) is 0 Å². The molecule has 1 aromatic rings. The van der Waals surface area contributed by atoms with E-state index in [9.17, 15) is 9.90 Å². The molecular formula is C25H32O4. The van der Waals surface area contributed by atoms with E-state index in [-0.39, 0.29) is 40.2 Å². The standard InChI is InChI=1S/C25H32O4/c1-22(2)18-12-17(26)21-15(23(18,3)8-6-19(22)27)5-9-24(4)16(14-7-10-28-13-14)11-20-25(21,24)29-20/h6-8,10,13,15-18,20-21,26H,5,9,11-12H2,1-4H3/t15?,16-,17?,18?,20+,21?,23+,24-,25-/m0/s1. The van der Waals surface area contributed by atoms with E-state index in [1.165, 1.54) is 5.56 Å². The third-order valence-electron chi connectivity index (χ3n) is 10.3. The molecule has 1 saturated heterocycles. The van der Waals surface area contributed by atoms with E-state index in [0.29, 0.717) is 18.3 Å². The van der Waals surface area contributed by atoms with Crippen LogP contribution in [0.3, 0.4) is 0 Å². The first kappa shape index (κ1) is 18.4. The van der Waals surface area contributed by atoms with E-state index < -0.39 is 11.5 Å². The van der Waals surface area contributed by atoms with Crippen LogP contribution < -0.4 is 0 Å². The lowest BCUT2D eigenvalue weighted by molar-refractivity contribution is -0.174. The fourth-order valence-corrected chi connectivity index (χ4v) is 8.73. The number of epoxide rings is 1.